The third-order valence-electron chi connectivity index (χ3n) is 7.15. The molecule has 1 atom stereocenters. The molecule has 1 nitrogen and oxygen atoms in total. The maximum Gasteiger partial charge on any atom is 0.0763 e. The maximum atomic E-state index is 7.34. The third kappa shape index (κ3) is 5.52. The van der Waals surface area contributed by atoms with Crippen LogP contribution in [0.5, 0.6) is 0 Å². The van der Waals surface area contributed by atoms with Crippen molar-refractivity contribution in [1.29, 1.82) is 0 Å². The van der Waals surface area contributed by atoms with E-state index in [1.54, 1.807) is 0 Å². The first-order valence-corrected chi connectivity index (χ1v) is 15.3. The van der Waals surface area contributed by atoms with Gasteiger partial charge in [-0.15, -0.1) is 0 Å². The van der Waals surface area contributed by atoms with E-state index in [1.165, 1.54) is 44.0 Å². The lowest BCUT2D eigenvalue weighted by atomic mass is 10.0. The molecule has 1 heterocycles. The minimum absolute atomic E-state index is 0.552. The monoisotopic (exact) mass is 522 g/mol. The molecule has 0 aliphatic carbocycles. The Labute approximate surface area is 231 Å². The molecular weight excluding hydrogens is 491 g/mol. The van der Waals surface area contributed by atoms with E-state index in [2.05, 4.69) is 164 Å². The maximum absolute atomic E-state index is 7.34. The van der Waals surface area contributed by atoms with E-state index in [4.69, 9.17) is 4.52 Å². The van der Waals surface area contributed by atoms with E-state index in [9.17, 15) is 0 Å². The molecule has 0 amide bonds. The van der Waals surface area contributed by atoms with Crippen LogP contribution in [0.25, 0.3) is 10.9 Å². The molecule has 0 spiro atoms. The number of rotatable bonds is 8. The molecule has 0 fully saturated rings. The van der Waals surface area contributed by atoms with Gasteiger partial charge < -0.3 is 4.52 Å². The fraction of sp³-hybridized carbons (Fsp3) is 0.0541. The van der Waals surface area contributed by atoms with Crippen molar-refractivity contribution in [3.05, 3.63) is 192 Å². The fourth-order valence-corrected chi connectivity index (χ4v) is 9.12. The van der Waals surface area contributed by atoms with Crippen LogP contribution in [-0.4, -0.2) is 5.29 Å². The SMILES string of the molecule is C1=C(c2ccccc2)C=C(c2ccccc2)P(Cc2ccccc2)(OCc2ccccc2)=C1c1ccccc1. The van der Waals surface area contributed by atoms with Gasteiger partial charge >= 0.3 is 0 Å². The van der Waals surface area contributed by atoms with Crippen LogP contribution in [0, 0.1) is 0 Å². The second kappa shape index (κ2) is 11.7. The Hall–Kier alpha value is -4.16. The highest BCUT2D eigenvalue weighted by Crippen LogP contribution is 2.67. The highest BCUT2D eigenvalue weighted by molar-refractivity contribution is 7.81. The van der Waals surface area contributed by atoms with Crippen molar-refractivity contribution in [3.63, 3.8) is 0 Å². The van der Waals surface area contributed by atoms with E-state index in [1.807, 2.05) is 0 Å². The summed E-state index contributed by atoms with van der Waals surface area (Å²) in [7, 11) is -2.40. The Balaban J connectivity index is 1.67. The Bertz CT molecular complexity index is 1630. The quantitative estimate of drug-likeness (QED) is 0.184. The molecule has 0 aromatic heterocycles. The Kier molecular flexibility index (Phi) is 7.54. The Morgan fingerprint density at radius 2 is 0.897 bits per heavy atom. The summed E-state index contributed by atoms with van der Waals surface area (Å²) in [4.78, 5) is 0. The summed E-state index contributed by atoms with van der Waals surface area (Å²) in [5.74, 6) is 0. The van der Waals surface area contributed by atoms with Gasteiger partial charge in [0.2, 0.25) is 0 Å². The smallest absolute Gasteiger partial charge is 0.0763 e. The van der Waals surface area contributed by atoms with E-state index in [-0.39, 0.29) is 0 Å². The lowest BCUT2D eigenvalue weighted by Crippen LogP contribution is -2.13. The minimum Gasteiger partial charge on any atom is -0.351 e. The topological polar surface area (TPSA) is 9.23 Å². The third-order valence-corrected chi connectivity index (χ3v) is 10.9. The summed E-state index contributed by atoms with van der Waals surface area (Å²) in [5.41, 5.74) is 7.31. The first kappa shape index (κ1) is 25.1. The molecule has 6 rings (SSSR count). The van der Waals surface area contributed by atoms with Crippen molar-refractivity contribution in [2.75, 3.05) is 0 Å². The van der Waals surface area contributed by atoms with Gasteiger partial charge in [0.25, 0.3) is 0 Å². The summed E-state index contributed by atoms with van der Waals surface area (Å²) in [6, 6.07) is 53.7. The van der Waals surface area contributed by atoms with Crippen LogP contribution in [-0.2, 0) is 17.3 Å². The summed E-state index contributed by atoms with van der Waals surface area (Å²) in [6.07, 6.45) is 5.60. The van der Waals surface area contributed by atoms with Crippen molar-refractivity contribution >= 4 is 23.3 Å². The summed E-state index contributed by atoms with van der Waals surface area (Å²) in [5, 5.41) is 2.56. The number of benzene rings is 5. The zero-order valence-electron chi connectivity index (χ0n) is 21.9. The highest BCUT2D eigenvalue weighted by atomic mass is 31.2. The zero-order chi connectivity index (χ0) is 26.3. The van der Waals surface area contributed by atoms with E-state index in [0.717, 1.165) is 6.16 Å². The Morgan fingerprint density at radius 3 is 1.46 bits per heavy atom. The van der Waals surface area contributed by atoms with Crippen LogP contribution >= 0.6 is 7.11 Å². The molecule has 39 heavy (non-hydrogen) atoms. The van der Waals surface area contributed by atoms with E-state index in [0.29, 0.717) is 6.61 Å². The molecular formula is C37H31OP. The molecule has 2 heteroatoms. The average Bonchev–Trinajstić information content (AvgIpc) is 3.02. The van der Waals surface area contributed by atoms with Crippen molar-refractivity contribution in [2.45, 2.75) is 12.8 Å². The van der Waals surface area contributed by atoms with Gasteiger partial charge in [0.1, 0.15) is 0 Å². The predicted molar refractivity (Wildman–Crippen MR) is 168 cm³/mol. The largest absolute Gasteiger partial charge is 0.351 e. The van der Waals surface area contributed by atoms with Crippen LogP contribution in [0.15, 0.2) is 164 Å². The second-order valence-electron chi connectivity index (χ2n) is 9.76. The fourth-order valence-electron chi connectivity index (χ4n) is 5.23. The van der Waals surface area contributed by atoms with Gasteiger partial charge in [-0.25, -0.2) is 0 Å². The van der Waals surface area contributed by atoms with Crippen LogP contribution < -0.4 is 0 Å². The molecule has 0 radical (unpaired) electrons. The van der Waals surface area contributed by atoms with E-state index >= 15 is 0 Å². The van der Waals surface area contributed by atoms with Gasteiger partial charge in [0.05, 0.1) is 6.61 Å². The summed E-state index contributed by atoms with van der Waals surface area (Å²) >= 11 is 0. The van der Waals surface area contributed by atoms with Gasteiger partial charge in [0.15, 0.2) is 0 Å². The van der Waals surface area contributed by atoms with Crippen LogP contribution in [0.1, 0.15) is 27.8 Å². The molecule has 190 valence electrons. The lowest BCUT2D eigenvalue weighted by molar-refractivity contribution is 0.343. The van der Waals surface area contributed by atoms with Crippen molar-refractivity contribution in [1.82, 2.24) is 0 Å². The molecule has 5 aromatic carbocycles. The van der Waals surface area contributed by atoms with Gasteiger partial charge in [0, 0.05) is 23.9 Å². The minimum atomic E-state index is -2.40. The normalized spacial score (nSPS) is 16.9. The van der Waals surface area contributed by atoms with Crippen molar-refractivity contribution < 1.29 is 4.52 Å². The van der Waals surface area contributed by atoms with Gasteiger partial charge in [-0.1, -0.05) is 152 Å². The first-order chi connectivity index (χ1) is 19.3. The Morgan fingerprint density at radius 1 is 0.436 bits per heavy atom. The highest BCUT2D eigenvalue weighted by Gasteiger charge is 2.33. The van der Waals surface area contributed by atoms with Crippen LogP contribution in [0.3, 0.4) is 0 Å². The van der Waals surface area contributed by atoms with Crippen molar-refractivity contribution in [3.8, 4) is 0 Å². The predicted octanol–water partition coefficient (Wildman–Crippen LogP) is 9.69. The second-order valence-corrected chi connectivity index (χ2v) is 12.8. The van der Waals surface area contributed by atoms with Crippen LogP contribution in [0.4, 0.5) is 0 Å². The van der Waals surface area contributed by atoms with Crippen LogP contribution in [0.2, 0.25) is 0 Å². The van der Waals surface area contributed by atoms with Gasteiger partial charge in [-0.05, 0) is 45.5 Å². The summed E-state index contributed by atoms with van der Waals surface area (Å²) in [6.45, 7) is 0.552. The molecule has 0 saturated carbocycles. The first-order valence-electron chi connectivity index (χ1n) is 13.4. The van der Waals surface area contributed by atoms with Gasteiger partial charge in [-0.3, -0.25) is 0 Å². The molecule has 1 unspecified atom stereocenters. The molecule has 0 N–H and O–H groups in total. The van der Waals surface area contributed by atoms with E-state index < -0.39 is 7.11 Å². The molecule has 0 bridgehead atoms. The molecule has 1 aliphatic heterocycles. The number of hydrogen-bond acceptors (Lipinski definition) is 1. The standard InChI is InChI=1S/C37H31OP/c1-6-16-30(17-7-1)28-38-39(29-31-18-8-2-9-19-31)36(33-22-12-4-13-23-33)26-35(32-20-10-3-11-21-32)27-37(39)34-24-14-5-15-25-34/h1-27H,28-29H2. The lowest BCUT2D eigenvalue weighted by Gasteiger charge is -2.36. The molecule has 1 aliphatic rings. The molecule has 0 saturated heterocycles. The van der Waals surface area contributed by atoms with Gasteiger partial charge in [-0.2, -0.15) is 0 Å². The zero-order valence-corrected chi connectivity index (χ0v) is 22.8. The number of allylic oxidation sites excluding steroid dienone is 3. The average molecular weight is 523 g/mol. The number of hydrogen-bond donors (Lipinski definition) is 0. The summed E-state index contributed by atoms with van der Waals surface area (Å²) < 4.78 is 7.34. The van der Waals surface area contributed by atoms with Crippen molar-refractivity contribution in [2.24, 2.45) is 0 Å². The molecule has 5 aromatic rings.